The highest BCUT2D eigenvalue weighted by atomic mass is 19.1. The molecule has 1 atom stereocenters. The van der Waals surface area contributed by atoms with Gasteiger partial charge in [-0.3, -0.25) is 0 Å². The number of nitrogens with zero attached hydrogens (tertiary/aromatic N) is 1. The zero-order valence-corrected chi connectivity index (χ0v) is 11.4. The average molecular weight is 264 g/mol. The fraction of sp³-hybridized carbons (Fsp3) is 0.600. The number of likely N-dealkylation sites (N-methyl/N-ethyl adjacent to an activating group) is 1. The van der Waals surface area contributed by atoms with E-state index in [1.54, 1.807) is 12.1 Å². The van der Waals surface area contributed by atoms with E-state index < -0.39 is 0 Å². The van der Waals surface area contributed by atoms with Crippen molar-refractivity contribution in [2.75, 3.05) is 39.9 Å². The monoisotopic (exact) mass is 264 g/mol. The summed E-state index contributed by atoms with van der Waals surface area (Å²) in [7, 11) is 2.18. The molecule has 0 amide bonds. The zero-order chi connectivity index (χ0) is 13.3. The Kier molecular flexibility index (Phi) is 3.56. The van der Waals surface area contributed by atoms with E-state index in [4.69, 9.17) is 4.74 Å². The summed E-state index contributed by atoms with van der Waals surface area (Å²) in [5.74, 6) is -0.171. The van der Waals surface area contributed by atoms with Gasteiger partial charge in [0.1, 0.15) is 5.82 Å². The maximum Gasteiger partial charge on any atom is 0.123 e. The van der Waals surface area contributed by atoms with E-state index in [0.717, 1.165) is 39.3 Å². The molecule has 19 heavy (non-hydrogen) atoms. The third-order valence-corrected chi connectivity index (χ3v) is 4.48. The van der Waals surface area contributed by atoms with Gasteiger partial charge in [-0.15, -0.1) is 0 Å². The van der Waals surface area contributed by atoms with E-state index in [1.807, 2.05) is 12.1 Å². The molecule has 2 aliphatic rings. The molecule has 2 fully saturated rings. The van der Waals surface area contributed by atoms with Crippen molar-refractivity contribution >= 4 is 0 Å². The molecule has 0 saturated carbocycles. The molecule has 1 N–H and O–H groups in total. The molecule has 0 spiro atoms. The van der Waals surface area contributed by atoms with Crippen LogP contribution in [0.5, 0.6) is 0 Å². The van der Waals surface area contributed by atoms with Gasteiger partial charge in [-0.2, -0.15) is 0 Å². The number of ether oxygens (including phenoxy) is 1. The highest BCUT2D eigenvalue weighted by Gasteiger charge is 2.43. The molecule has 2 heterocycles. The van der Waals surface area contributed by atoms with Gasteiger partial charge in [0.2, 0.25) is 0 Å². The summed E-state index contributed by atoms with van der Waals surface area (Å²) >= 11 is 0. The number of rotatable bonds is 3. The highest BCUT2D eigenvalue weighted by Crippen LogP contribution is 2.37. The van der Waals surface area contributed by atoms with E-state index in [-0.39, 0.29) is 11.2 Å². The summed E-state index contributed by atoms with van der Waals surface area (Å²) in [6.45, 7) is 4.68. The number of hydrogen-bond acceptors (Lipinski definition) is 3. The first-order valence-corrected chi connectivity index (χ1v) is 6.94. The number of piperazine rings is 1. The third-order valence-electron chi connectivity index (χ3n) is 4.48. The predicted molar refractivity (Wildman–Crippen MR) is 72.8 cm³/mol. The van der Waals surface area contributed by atoms with Crippen molar-refractivity contribution in [1.29, 1.82) is 0 Å². The van der Waals surface area contributed by atoms with E-state index in [0.29, 0.717) is 6.04 Å². The molecule has 2 saturated heterocycles. The lowest BCUT2D eigenvalue weighted by molar-refractivity contribution is -0.0754. The Morgan fingerprint density at radius 1 is 1.37 bits per heavy atom. The Balaban J connectivity index is 1.77. The summed E-state index contributed by atoms with van der Waals surface area (Å²) in [5, 5.41) is 3.45. The van der Waals surface area contributed by atoms with E-state index in [9.17, 15) is 4.39 Å². The normalized spacial score (nSPS) is 26.9. The summed E-state index contributed by atoms with van der Waals surface area (Å²) in [4.78, 5) is 2.42. The van der Waals surface area contributed by atoms with Crippen LogP contribution >= 0.6 is 0 Å². The second-order valence-corrected chi connectivity index (χ2v) is 5.82. The first-order chi connectivity index (χ1) is 9.20. The number of hydrogen-bond donors (Lipinski definition) is 1. The summed E-state index contributed by atoms with van der Waals surface area (Å²) in [6.07, 6.45) is 1.07. The minimum absolute atomic E-state index is 0.0750. The van der Waals surface area contributed by atoms with Crippen molar-refractivity contribution in [2.45, 2.75) is 17.9 Å². The molecule has 1 unspecified atom stereocenters. The van der Waals surface area contributed by atoms with Crippen LogP contribution in [-0.4, -0.2) is 50.8 Å². The minimum Gasteiger partial charge on any atom is -0.379 e. The van der Waals surface area contributed by atoms with Crippen LogP contribution in [0.25, 0.3) is 0 Å². The van der Waals surface area contributed by atoms with Crippen LogP contribution in [0.15, 0.2) is 24.3 Å². The Labute approximate surface area is 113 Å². The van der Waals surface area contributed by atoms with Crippen molar-refractivity contribution in [1.82, 2.24) is 10.2 Å². The molecule has 0 radical (unpaired) electrons. The predicted octanol–water partition coefficient (Wildman–Crippen LogP) is 1.39. The van der Waals surface area contributed by atoms with E-state index >= 15 is 0 Å². The fourth-order valence-corrected chi connectivity index (χ4v) is 3.10. The zero-order valence-electron chi connectivity index (χ0n) is 11.4. The lowest BCUT2D eigenvalue weighted by Crippen LogP contribution is -2.56. The molecule has 3 nitrogen and oxygen atoms in total. The van der Waals surface area contributed by atoms with Gasteiger partial charge in [-0.1, -0.05) is 12.1 Å². The molecule has 0 aliphatic carbocycles. The summed E-state index contributed by atoms with van der Waals surface area (Å²) < 4.78 is 18.5. The van der Waals surface area contributed by atoms with Crippen LogP contribution in [0.4, 0.5) is 4.39 Å². The topological polar surface area (TPSA) is 24.5 Å². The van der Waals surface area contributed by atoms with Gasteiger partial charge < -0.3 is 15.0 Å². The Morgan fingerprint density at radius 3 is 2.68 bits per heavy atom. The standard InChI is InChI=1S/C15H21FN2O/c1-18-7-6-17-9-14(18)8-15(10-19-11-15)12-2-4-13(16)5-3-12/h2-5,14,17H,6-11H2,1H3. The second-order valence-electron chi connectivity index (χ2n) is 5.82. The molecule has 4 heteroatoms. The largest absolute Gasteiger partial charge is 0.379 e. The van der Waals surface area contributed by atoms with Crippen molar-refractivity contribution in [3.05, 3.63) is 35.6 Å². The third kappa shape index (κ3) is 2.53. The van der Waals surface area contributed by atoms with Crippen LogP contribution in [0.2, 0.25) is 0 Å². The highest BCUT2D eigenvalue weighted by molar-refractivity contribution is 5.29. The van der Waals surface area contributed by atoms with Gasteiger partial charge >= 0.3 is 0 Å². The summed E-state index contributed by atoms with van der Waals surface area (Å²) in [5.41, 5.74) is 1.28. The first kappa shape index (κ1) is 13.0. The van der Waals surface area contributed by atoms with Gasteiger partial charge in [0.05, 0.1) is 13.2 Å². The van der Waals surface area contributed by atoms with Gasteiger partial charge in [-0.25, -0.2) is 4.39 Å². The molecule has 1 aromatic rings. The van der Waals surface area contributed by atoms with Crippen molar-refractivity contribution in [3.8, 4) is 0 Å². The quantitative estimate of drug-likeness (QED) is 0.893. The van der Waals surface area contributed by atoms with Crippen molar-refractivity contribution in [2.24, 2.45) is 0 Å². The molecule has 1 aromatic carbocycles. The van der Waals surface area contributed by atoms with Crippen LogP contribution in [0.1, 0.15) is 12.0 Å². The lowest BCUT2D eigenvalue weighted by atomic mass is 9.73. The van der Waals surface area contributed by atoms with Crippen molar-refractivity contribution < 1.29 is 9.13 Å². The molecule has 104 valence electrons. The average Bonchev–Trinajstić information content (AvgIpc) is 2.37. The minimum atomic E-state index is -0.171. The molecule has 0 aromatic heterocycles. The summed E-state index contributed by atoms with van der Waals surface area (Å²) in [6, 6.07) is 7.46. The maximum atomic E-state index is 13.1. The van der Waals surface area contributed by atoms with Gasteiger partial charge in [0, 0.05) is 31.1 Å². The van der Waals surface area contributed by atoms with Crippen molar-refractivity contribution in [3.63, 3.8) is 0 Å². The fourth-order valence-electron chi connectivity index (χ4n) is 3.10. The smallest absolute Gasteiger partial charge is 0.123 e. The number of nitrogens with one attached hydrogen (secondary N) is 1. The molecule has 0 bridgehead atoms. The molecular weight excluding hydrogens is 243 g/mol. The van der Waals surface area contributed by atoms with E-state index in [2.05, 4.69) is 17.3 Å². The number of halogens is 1. The van der Waals surface area contributed by atoms with Crippen LogP contribution in [0, 0.1) is 5.82 Å². The number of benzene rings is 1. The molecule has 3 rings (SSSR count). The Morgan fingerprint density at radius 2 is 2.11 bits per heavy atom. The molecule has 2 aliphatic heterocycles. The van der Waals surface area contributed by atoms with Crippen LogP contribution in [0.3, 0.4) is 0 Å². The Hall–Kier alpha value is -0.970. The van der Waals surface area contributed by atoms with Crippen LogP contribution in [-0.2, 0) is 10.2 Å². The van der Waals surface area contributed by atoms with Gasteiger partial charge in [0.15, 0.2) is 0 Å². The first-order valence-electron chi connectivity index (χ1n) is 6.94. The van der Waals surface area contributed by atoms with Gasteiger partial charge in [-0.05, 0) is 31.2 Å². The Bertz CT molecular complexity index is 430. The molecular formula is C15H21FN2O. The SMILES string of the molecule is CN1CCNCC1CC1(c2ccc(F)cc2)COC1. The lowest BCUT2D eigenvalue weighted by Gasteiger charge is -2.46. The second kappa shape index (κ2) is 5.19. The van der Waals surface area contributed by atoms with Gasteiger partial charge in [0.25, 0.3) is 0 Å². The van der Waals surface area contributed by atoms with E-state index in [1.165, 1.54) is 5.56 Å². The van der Waals surface area contributed by atoms with Crippen LogP contribution < -0.4 is 5.32 Å². The maximum absolute atomic E-state index is 13.1.